The topological polar surface area (TPSA) is 259 Å². The molecule has 16 heteroatoms. The van der Waals surface area contributed by atoms with E-state index in [1.165, 1.54) is 24.3 Å². The van der Waals surface area contributed by atoms with Crippen LogP contribution in [0.1, 0.15) is 27.0 Å². The minimum absolute atomic E-state index is 0.0741. The molecule has 10 unspecified atom stereocenters. The van der Waals surface area contributed by atoms with Crippen LogP contribution in [0.15, 0.2) is 72.8 Å². The molecule has 0 bridgehead atoms. The number of rotatable bonds is 8. The first-order chi connectivity index (χ1) is 22.8. The second-order valence-corrected chi connectivity index (χ2v) is 11.4. The van der Waals surface area contributed by atoms with Gasteiger partial charge >= 0.3 is 17.9 Å². The lowest BCUT2D eigenvalue weighted by atomic mass is 9.80. The zero-order valence-corrected chi connectivity index (χ0v) is 24.5. The molecule has 16 nitrogen and oxygen atoms in total. The van der Waals surface area contributed by atoms with Crippen molar-refractivity contribution in [3.63, 3.8) is 0 Å². The van der Waals surface area contributed by atoms with E-state index in [0.29, 0.717) is 16.7 Å². The molecule has 254 valence electrons. The van der Waals surface area contributed by atoms with Gasteiger partial charge in [-0.2, -0.15) is 0 Å². The van der Waals surface area contributed by atoms with Crippen molar-refractivity contribution < 1.29 is 78.9 Å². The number of carbonyl (C=O) groups excluding carboxylic acids is 1. The van der Waals surface area contributed by atoms with Crippen LogP contribution in [0.25, 0.3) is 0 Å². The third-order valence-electron chi connectivity index (χ3n) is 8.42. The van der Waals surface area contributed by atoms with Crippen LogP contribution in [0.3, 0.4) is 0 Å². The minimum atomic E-state index is -1.89. The van der Waals surface area contributed by atoms with Crippen molar-refractivity contribution in [3.05, 3.63) is 95.1 Å². The SMILES string of the molecule is O=C1OC(c2ccc(OC3OC(C(=O)O)C(O)C(O)C3O)cc2)(c2ccc(OC3OC(C(=O)O)C(O)C(O)C3O)cc2)c2ccccc21. The number of esters is 1. The number of ether oxygens (including phenoxy) is 5. The highest BCUT2D eigenvalue weighted by atomic mass is 16.7. The monoisotopic (exact) mass is 670 g/mol. The summed E-state index contributed by atoms with van der Waals surface area (Å²) < 4.78 is 27.6. The Morgan fingerprint density at radius 2 is 1.00 bits per heavy atom. The largest absolute Gasteiger partial charge is 0.479 e. The van der Waals surface area contributed by atoms with Crippen molar-refractivity contribution in [3.8, 4) is 11.5 Å². The predicted molar refractivity (Wildman–Crippen MR) is 155 cm³/mol. The fraction of sp³-hybridized carbons (Fsp3) is 0.344. The van der Waals surface area contributed by atoms with Crippen LogP contribution in [0, 0.1) is 0 Å². The lowest BCUT2D eigenvalue weighted by Crippen LogP contribution is -2.61. The van der Waals surface area contributed by atoms with Gasteiger partial charge in [-0.3, -0.25) is 0 Å². The number of cyclic esters (lactones) is 1. The number of hydrogen-bond acceptors (Lipinski definition) is 14. The normalized spacial score (nSPS) is 34.5. The van der Waals surface area contributed by atoms with Gasteiger partial charge in [0.05, 0.1) is 5.56 Å². The number of aliphatic hydroxyl groups excluding tert-OH is 6. The van der Waals surface area contributed by atoms with E-state index >= 15 is 0 Å². The van der Waals surface area contributed by atoms with Gasteiger partial charge in [0.1, 0.15) is 48.1 Å². The van der Waals surface area contributed by atoms with Crippen LogP contribution in [-0.2, 0) is 29.4 Å². The van der Waals surface area contributed by atoms with Gasteiger partial charge in [0.2, 0.25) is 12.6 Å². The Balaban J connectivity index is 1.29. The molecular formula is C32H30O16. The van der Waals surface area contributed by atoms with Gasteiger partial charge in [-0.05, 0) is 30.3 Å². The predicted octanol–water partition coefficient (Wildman–Crippen LogP) is -1.31. The summed E-state index contributed by atoms with van der Waals surface area (Å²) in [6.45, 7) is 0. The van der Waals surface area contributed by atoms with E-state index in [1.807, 2.05) is 0 Å². The second-order valence-electron chi connectivity index (χ2n) is 11.4. The lowest BCUT2D eigenvalue weighted by Gasteiger charge is -2.38. The zero-order chi connectivity index (χ0) is 34.5. The van der Waals surface area contributed by atoms with Crippen LogP contribution in [-0.4, -0.2) is 120 Å². The van der Waals surface area contributed by atoms with Crippen LogP contribution in [0.5, 0.6) is 11.5 Å². The maximum absolute atomic E-state index is 13.1. The minimum Gasteiger partial charge on any atom is -0.479 e. The Labute approximate surface area is 270 Å². The summed E-state index contributed by atoms with van der Waals surface area (Å²) in [5.74, 6) is -3.61. The lowest BCUT2D eigenvalue weighted by molar-refractivity contribution is -0.271. The molecule has 2 saturated heterocycles. The Bertz CT molecular complexity index is 1580. The number of fused-ring (bicyclic) bond motifs is 1. The first-order valence-electron chi connectivity index (χ1n) is 14.6. The summed E-state index contributed by atoms with van der Waals surface area (Å²) >= 11 is 0. The van der Waals surface area contributed by atoms with Crippen molar-refractivity contribution >= 4 is 17.9 Å². The number of aliphatic hydroxyl groups is 6. The van der Waals surface area contributed by atoms with Crippen molar-refractivity contribution in [2.45, 2.75) is 67.0 Å². The molecule has 0 radical (unpaired) electrons. The highest BCUT2D eigenvalue weighted by Crippen LogP contribution is 2.47. The summed E-state index contributed by atoms with van der Waals surface area (Å²) in [6, 6.07) is 18.6. The molecule has 48 heavy (non-hydrogen) atoms. The summed E-state index contributed by atoms with van der Waals surface area (Å²) in [6.07, 6.45) is -18.1. The standard InChI is InChI=1S/C32H30O16/c33-19-21(35)25(27(39)40)46-30(23(19)37)44-15-9-5-13(6-10-15)32(18-4-2-1-3-17(18)29(43)48-32)14-7-11-16(12-8-14)45-31-24(38)20(34)22(36)26(47-31)28(41)42/h1-12,19-26,30-31,33-38H,(H,39,40)(H,41,42). The molecule has 3 aromatic rings. The van der Waals surface area contributed by atoms with Crippen molar-refractivity contribution in [1.29, 1.82) is 0 Å². The molecule has 0 saturated carbocycles. The molecule has 10 atom stereocenters. The van der Waals surface area contributed by atoms with E-state index in [-0.39, 0.29) is 17.1 Å². The molecule has 3 aliphatic rings. The van der Waals surface area contributed by atoms with Crippen LogP contribution >= 0.6 is 0 Å². The van der Waals surface area contributed by atoms with E-state index in [0.717, 1.165) is 0 Å². The Morgan fingerprint density at radius 1 is 0.583 bits per heavy atom. The summed E-state index contributed by atoms with van der Waals surface area (Å²) in [5, 5.41) is 79.4. The van der Waals surface area contributed by atoms with Gasteiger partial charge in [0, 0.05) is 16.7 Å². The van der Waals surface area contributed by atoms with Gasteiger partial charge in [-0.15, -0.1) is 0 Å². The van der Waals surface area contributed by atoms with Crippen molar-refractivity contribution in [2.75, 3.05) is 0 Å². The summed E-state index contributed by atoms with van der Waals surface area (Å²) in [7, 11) is 0. The summed E-state index contributed by atoms with van der Waals surface area (Å²) in [5.41, 5.74) is 0.111. The van der Waals surface area contributed by atoms with Crippen LogP contribution < -0.4 is 9.47 Å². The first kappa shape index (κ1) is 33.3. The fourth-order valence-corrected chi connectivity index (χ4v) is 5.92. The molecule has 2 fully saturated rings. The average molecular weight is 671 g/mol. The number of carboxylic acid groups (broad SMARTS) is 2. The zero-order valence-electron chi connectivity index (χ0n) is 24.5. The Hall–Kier alpha value is -4.65. The molecule has 3 aliphatic heterocycles. The Morgan fingerprint density at radius 3 is 1.42 bits per heavy atom. The number of benzene rings is 3. The van der Waals surface area contributed by atoms with Gasteiger partial charge in [0.25, 0.3) is 0 Å². The third kappa shape index (κ3) is 5.63. The van der Waals surface area contributed by atoms with Crippen molar-refractivity contribution in [2.24, 2.45) is 0 Å². The molecule has 3 heterocycles. The van der Waals surface area contributed by atoms with Crippen LogP contribution in [0.4, 0.5) is 0 Å². The third-order valence-corrected chi connectivity index (χ3v) is 8.42. The molecule has 0 spiro atoms. The quantitative estimate of drug-likeness (QED) is 0.129. The molecule has 8 N–H and O–H groups in total. The smallest absolute Gasteiger partial charge is 0.340 e. The molecule has 0 amide bonds. The number of carboxylic acids is 2. The van der Waals surface area contributed by atoms with E-state index < -0.39 is 84.9 Å². The maximum atomic E-state index is 13.1. The maximum Gasteiger partial charge on any atom is 0.340 e. The number of carbonyl (C=O) groups is 3. The summed E-state index contributed by atoms with van der Waals surface area (Å²) in [4.78, 5) is 36.0. The molecule has 0 aromatic heterocycles. The van der Waals surface area contributed by atoms with Gasteiger partial charge in [0.15, 0.2) is 17.8 Å². The van der Waals surface area contributed by atoms with E-state index in [2.05, 4.69) is 0 Å². The second kappa shape index (κ2) is 12.8. The first-order valence-corrected chi connectivity index (χ1v) is 14.6. The highest BCUT2D eigenvalue weighted by molar-refractivity contribution is 5.96. The fourth-order valence-electron chi connectivity index (χ4n) is 5.92. The number of aliphatic carboxylic acids is 2. The van der Waals surface area contributed by atoms with E-state index in [1.54, 1.807) is 48.5 Å². The number of hydrogen-bond donors (Lipinski definition) is 8. The average Bonchev–Trinajstić information content (AvgIpc) is 3.38. The van der Waals surface area contributed by atoms with Gasteiger partial charge in [-0.1, -0.05) is 42.5 Å². The Kier molecular flexibility index (Phi) is 8.84. The highest BCUT2D eigenvalue weighted by Gasteiger charge is 2.51. The van der Waals surface area contributed by atoms with Crippen LogP contribution in [0.2, 0.25) is 0 Å². The van der Waals surface area contributed by atoms with E-state index in [4.69, 9.17) is 23.7 Å². The van der Waals surface area contributed by atoms with Gasteiger partial charge < -0.3 is 64.5 Å². The molecule has 6 rings (SSSR count). The molecular weight excluding hydrogens is 640 g/mol. The molecule has 0 aliphatic carbocycles. The molecule has 3 aromatic carbocycles. The van der Waals surface area contributed by atoms with E-state index in [9.17, 15) is 55.2 Å². The van der Waals surface area contributed by atoms with Crippen molar-refractivity contribution in [1.82, 2.24) is 0 Å². The van der Waals surface area contributed by atoms with Gasteiger partial charge in [-0.25, -0.2) is 14.4 Å².